The molecule has 2 rings (SSSR count). The summed E-state index contributed by atoms with van der Waals surface area (Å²) < 4.78 is 23.4. The lowest BCUT2D eigenvalue weighted by molar-refractivity contribution is 0.102. The fourth-order valence-corrected chi connectivity index (χ4v) is 2.82. The molecule has 0 fully saturated rings. The number of amides is 1. The zero-order valence-corrected chi connectivity index (χ0v) is 12.9. The molecule has 0 aliphatic carbocycles. The number of nitrogens with one attached hydrogen (secondary N) is 1. The van der Waals surface area contributed by atoms with Gasteiger partial charge in [0.2, 0.25) is 0 Å². The SMILES string of the molecule is CCS(=O)(=O)c1ccc(NC(=O)c2cccc(Cl)c2)cc1. The van der Waals surface area contributed by atoms with Gasteiger partial charge in [0.15, 0.2) is 9.84 Å². The first-order valence-corrected chi connectivity index (χ1v) is 8.35. The van der Waals surface area contributed by atoms with Gasteiger partial charge in [0.25, 0.3) is 5.91 Å². The molecule has 0 aliphatic rings. The highest BCUT2D eigenvalue weighted by molar-refractivity contribution is 7.91. The Labute approximate surface area is 128 Å². The molecule has 0 unspecified atom stereocenters. The maximum Gasteiger partial charge on any atom is 0.255 e. The number of carbonyl (C=O) groups excluding carboxylic acids is 1. The molecule has 0 atom stereocenters. The summed E-state index contributed by atoms with van der Waals surface area (Å²) >= 11 is 5.83. The summed E-state index contributed by atoms with van der Waals surface area (Å²) in [6.45, 7) is 1.59. The predicted molar refractivity (Wildman–Crippen MR) is 83.6 cm³/mol. The van der Waals surface area contributed by atoms with Crippen molar-refractivity contribution in [2.24, 2.45) is 0 Å². The molecule has 0 saturated carbocycles. The van der Waals surface area contributed by atoms with Crippen LogP contribution in [-0.2, 0) is 9.84 Å². The van der Waals surface area contributed by atoms with Crippen molar-refractivity contribution in [2.45, 2.75) is 11.8 Å². The number of sulfone groups is 1. The Kier molecular flexibility index (Phi) is 4.65. The Morgan fingerprint density at radius 1 is 1.14 bits per heavy atom. The van der Waals surface area contributed by atoms with E-state index in [1.165, 1.54) is 12.1 Å². The molecule has 0 saturated heterocycles. The number of benzene rings is 2. The summed E-state index contributed by atoms with van der Waals surface area (Å²) in [5, 5.41) is 3.17. The smallest absolute Gasteiger partial charge is 0.255 e. The van der Waals surface area contributed by atoms with Crippen molar-refractivity contribution in [2.75, 3.05) is 11.1 Å². The van der Waals surface area contributed by atoms with Gasteiger partial charge in [-0.2, -0.15) is 0 Å². The summed E-state index contributed by atoms with van der Waals surface area (Å²) in [5.74, 6) is -0.259. The summed E-state index contributed by atoms with van der Waals surface area (Å²) in [5.41, 5.74) is 0.961. The van der Waals surface area contributed by atoms with Gasteiger partial charge in [-0.15, -0.1) is 0 Å². The van der Waals surface area contributed by atoms with Crippen molar-refractivity contribution in [3.05, 3.63) is 59.1 Å². The van der Waals surface area contributed by atoms with Crippen LogP contribution in [0.2, 0.25) is 5.02 Å². The first-order valence-electron chi connectivity index (χ1n) is 6.32. The number of hydrogen-bond acceptors (Lipinski definition) is 3. The maximum atomic E-state index is 12.0. The fraction of sp³-hybridized carbons (Fsp3) is 0.133. The molecule has 1 amide bonds. The Balaban J connectivity index is 2.16. The number of carbonyl (C=O) groups is 1. The van der Waals surface area contributed by atoms with E-state index >= 15 is 0 Å². The molecular formula is C15H14ClNO3S. The van der Waals surface area contributed by atoms with E-state index in [1.807, 2.05) is 0 Å². The van der Waals surface area contributed by atoms with Crippen molar-refractivity contribution < 1.29 is 13.2 Å². The summed E-state index contributed by atoms with van der Waals surface area (Å²) in [4.78, 5) is 12.3. The molecule has 0 bridgehead atoms. The number of halogens is 1. The van der Waals surface area contributed by atoms with Gasteiger partial charge < -0.3 is 5.32 Å². The van der Waals surface area contributed by atoms with Crippen LogP contribution in [0, 0.1) is 0 Å². The van der Waals surface area contributed by atoms with Crippen LogP contribution in [0.1, 0.15) is 17.3 Å². The van der Waals surface area contributed by atoms with E-state index in [9.17, 15) is 13.2 Å². The van der Waals surface area contributed by atoms with Crippen molar-refractivity contribution in [1.82, 2.24) is 0 Å². The monoisotopic (exact) mass is 323 g/mol. The highest BCUT2D eigenvalue weighted by Crippen LogP contribution is 2.17. The lowest BCUT2D eigenvalue weighted by Crippen LogP contribution is -2.12. The Bertz CT molecular complexity index is 755. The van der Waals surface area contributed by atoms with E-state index in [2.05, 4.69) is 5.32 Å². The van der Waals surface area contributed by atoms with E-state index in [0.29, 0.717) is 16.3 Å². The van der Waals surface area contributed by atoms with Gasteiger partial charge >= 0.3 is 0 Å². The Hall–Kier alpha value is -1.85. The highest BCUT2D eigenvalue weighted by Gasteiger charge is 2.12. The van der Waals surface area contributed by atoms with Crippen LogP contribution < -0.4 is 5.32 Å². The fourth-order valence-electron chi connectivity index (χ4n) is 1.75. The Morgan fingerprint density at radius 2 is 1.81 bits per heavy atom. The predicted octanol–water partition coefficient (Wildman–Crippen LogP) is 3.39. The number of rotatable bonds is 4. The molecule has 0 aliphatic heterocycles. The summed E-state index contributed by atoms with van der Waals surface area (Å²) in [6.07, 6.45) is 0. The van der Waals surface area contributed by atoms with E-state index < -0.39 is 9.84 Å². The zero-order valence-electron chi connectivity index (χ0n) is 11.3. The van der Waals surface area contributed by atoms with Crippen molar-refractivity contribution in [1.29, 1.82) is 0 Å². The Morgan fingerprint density at radius 3 is 2.38 bits per heavy atom. The van der Waals surface area contributed by atoms with Crippen LogP contribution >= 0.6 is 11.6 Å². The van der Waals surface area contributed by atoms with Crippen LogP contribution in [0.3, 0.4) is 0 Å². The first kappa shape index (κ1) is 15.5. The molecule has 0 heterocycles. The van der Waals surface area contributed by atoms with E-state index in [4.69, 9.17) is 11.6 Å². The molecule has 2 aromatic rings. The van der Waals surface area contributed by atoms with Crippen molar-refractivity contribution >= 4 is 33.0 Å². The molecule has 6 heteroatoms. The third kappa shape index (κ3) is 3.83. The van der Waals surface area contributed by atoms with E-state index in [-0.39, 0.29) is 16.6 Å². The molecule has 1 N–H and O–H groups in total. The third-order valence-corrected chi connectivity index (χ3v) is 4.92. The van der Waals surface area contributed by atoms with Crippen LogP contribution in [0.25, 0.3) is 0 Å². The summed E-state index contributed by atoms with van der Waals surface area (Å²) in [7, 11) is -3.23. The molecule has 0 aromatic heterocycles. The van der Waals surface area contributed by atoms with Gasteiger partial charge in [-0.05, 0) is 42.5 Å². The lowest BCUT2D eigenvalue weighted by atomic mass is 10.2. The van der Waals surface area contributed by atoms with Crippen molar-refractivity contribution in [3.63, 3.8) is 0 Å². The van der Waals surface area contributed by atoms with Crippen LogP contribution in [0.4, 0.5) is 5.69 Å². The second-order valence-corrected chi connectivity index (χ2v) is 7.11. The third-order valence-electron chi connectivity index (χ3n) is 2.94. The van der Waals surface area contributed by atoms with Crippen LogP contribution in [0.15, 0.2) is 53.4 Å². The zero-order chi connectivity index (χ0) is 15.5. The normalized spacial score (nSPS) is 11.1. The summed E-state index contributed by atoms with van der Waals surface area (Å²) in [6, 6.07) is 12.7. The van der Waals surface area contributed by atoms with Gasteiger partial charge in [-0.1, -0.05) is 24.6 Å². The van der Waals surface area contributed by atoms with Gasteiger partial charge in [-0.3, -0.25) is 4.79 Å². The molecule has 0 radical (unpaired) electrons. The second-order valence-electron chi connectivity index (χ2n) is 4.39. The first-order chi connectivity index (χ1) is 9.92. The van der Waals surface area contributed by atoms with Gasteiger partial charge in [-0.25, -0.2) is 8.42 Å². The number of hydrogen-bond donors (Lipinski definition) is 1. The van der Waals surface area contributed by atoms with Gasteiger partial charge in [0.05, 0.1) is 10.6 Å². The molecule has 2 aromatic carbocycles. The average Bonchev–Trinajstić information content (AvgIpc) is 2.48. The molecule has 21 heavy (non-hydrogen) atoms. The second kappa shape index (κ2) is 6.28. The minimum absolute atomic E-state index is 0.0429. The van der Waals surface area contributed by atoms with Gasteiger partial charge in [0, 0.05) is 16.3 Å². The minimum Gasteiger partial charge on any atom is -0.322 e. The average molecular weight is 324 g/mol. The standard InChI is InChI=1S/C15H14ClNO3S/c1-2-21(19,20)14-8-6-13(7-9-14)17-15(18)11-4-3-5-12(16)10-11/h3-10H,2H2,1H3,(H,17,18). The lowest BCUT2D eigenvalue weighted by Gasteiger charge is -2.07. The maximum absolute atomic E-state index is 12.0. The molecule has 110 valence electrons. The van der Waals surface area contributed by atoms with Gasteiger partial charge in [0.1, 0.15) is 0 Å². The van der Waals surface area contributed by atoms with E-state index in [1.54, 1.807) is 43.3 Å². The molecule has 0 spiro atoms. The largest absolute Gasteiger partial charge is 0.322 e. The van der Waals surface area contributed by atoms with E-state index in [0.717, 1.165) is 0 Å². The van der Waals surface area contributed by atoms with Crippen LogP contribution in [0.5, 0.6) is 0 Å². The number of anilines is 1. The molecule has 4 nitrogen and oxygen atoms in total. The topological polar surface area (TPSA) is 63.2 Å². The van der Waals surface area contributed by atoms with Crippen LogP contribution in [-0.4, -0.2) is 20.1 Å². The quantitative estimate of drug-likeness (QED) is 0.938. The minimum atomic E-state index is -3.23. The molecular weight excluding hydrogens is 310 g/mol. The highest BCUT2D eigenvalue weighted by atomic mass is 35.5. The van der Waals surface area contributed by atoms with Crippen molar-refractivity contribution in [3.8, 4) is 0 Å².